The lowest BCUT2D eigenvalue weighted by molar-refractivity contribution is -0.133. The summed E-state index contributed by atoms with van der Waals surface area (Å²) in [6.45, 7) is 3.28. The molecular weight excluding hydrogens is 344 g/mol. The first-order valence-electron chi connectivity index (χ1n) is 7.64. The first-order chi connectivity index (χ1) is 11.9. The number of carbonyl (C=O) groups is 2. The third kappa shape index (κ3) is 6.35. The maximum Gasteiger partial charge on any atom is 0.279 e. The summed E-state index contributed by atoms with van der Waals surface area (Å²) in [7, 11) is 0. The van der Waals surface area contributed by atoms with E-state index in [1.165, 1.54) is 0 Å². The van der Waals surface area contributed by atoms with E-state index in [9.17, 15) is 9.59 Å². The molecular formula is C18H19ClN2O4. The zero-order chi connectivity index (χ0) is 18.2. The van der Waals surface area contributed by atoms with E-state index in [1.807, 2.05) is 25.1 Å². The standard InChI is InChI=1S/C18H19ClN2O4/c1-12-4-3-5-16(10-12)24-11-17(22)20-21-18(23)13(2)25-15-8-6-14(19)7-9-15/h3-10,13H,11H2,1-2H3,(H,20,22)(H,21,23). The molecule has 7 heteroatoms. The third-order valence-corrected chi connectivity index (χ3v) is 3.43. The SMILES string of the molecule is Cc1cccc(OCC(=O)NNC(=O)C(C)Oc2ccc(Cl)cc2)c1. The van der Waals surface area contributed by atoms with Gasteiger partial charge >= 0.3 is 0 Å². The minimum Gasteiger partial charge on any atom is -0.484 e. The summed E-state index contributed by atoms with van der Waals surface area (Å²) in [6.07, 6.45) is -0.792. The first-order valence-corrected chi connectivity index (χ1v) is 8.02. The Balaban J connectivity index is 1.72. The van der Waals surface area contributed by atoms with Crippen molar-refractivity contribution in [2.75, 3.05) is 6.61 Å². The van der Waals surface area contributed by atoms with Crippen molar-refractivity contribution in [3.05, 3.63) is 59.1 Å². The molecule has 0 saturated heterocycles. The molecule has 0 aliphatic carbocycles. The normalized spacial score (nSPS) is 11.3. The van der Waals surface area contributed by atoms with Gasteiger partial charge < -0.3 is 9.47 Å². The molecule has 2 aromatic carbocycles. The van der Waals surface area contributed by atoms with Gasteiger partial charge in [-0.1, -0.05) is 23.7 Å². The van der Waals surface area contributed by atoms with E-state index in [0.717, 1.165) is 5.56 Å². The summed E-state index contributed by atoms with van der Waals surface area (Å²) < 4.78 is 10.8. The van der Waals surface area contributed by atoms with Crippen molar-refractivity contribution < 1.29 is 19.1 Å². The van der Waals surface area contributed by atoms with Crippen molar-refractivity contribution in [1.29, 1.82) is 0 Å². The summed E-state index contributed by atoms with van der Waals surface area (Å²) in [5.74, 6) is 0.120. The van der Waals surface area contributed by atoms with Crippen molar-refractivity contribution in [1.82, 2.24) is 10.9 Å². The van der Waals surface area contributed by atoms with Crippen LogP contribution in [-0.2, 0) is 9.59 Å². The lowest BCUT2D eigenvalue weighted by Gasteiger charge is -2.15. The van der Waals surface area contributed by atoms with Crippen LogP contribution in [0.2, 0.25) is 5.02 Å². The van der Waals surface area contributed by atoms with E-state index in [1.54, 1.807) is 37.3 Å². The number of rotatable bonds is 6. The summed E-state index contributed by atoms with van der Waals surface area (Å²) in [6, 6.07) is 13.9. The number of hydrazine groups is 1. The van der Waals surface area contributed by atoms with Crippen molar-refractivity contribution >= 4 is 23.4 Å². The molecule has 1 unspecified atom stereocenters. The number of ether oxygens (including phenoxy) is 2. The number of amides is 2. The van der Waals surface area contributed by atoms with E-state index in [0.29, 0.717) is 16.5 Å². The number of benzene rings is 2. The lowest BCUT2D eigenvalue weighted by Crippen LogP contribution is -2.48. The number of aryl methyl sites for hydroxylation is 1. The highest BCUT2D eigenvalue weighted by atomic mass is 35.5. The number of halogens is 1. The Morgan fingerprint density at radius 3 is 2.48 bits per heavy atom. The second-order valence-corrected chi connectivity index (χ2v) is 5.79. The molecule has 6 nitrogen and oxygen atoms in total. The van der Waals surface area contributed by atoms with E-state index in [2.05, 4.69) is 10.9 Å². The molecule has 2 amide bonds. The fourth-order valence-corrected chi connectivity index (χ4v) is 2.02. The maximum atomic E-state index is 11.9. The van der Waals surface area contributed by atoms with Crippen LogP contribution in [0, 0.1) is 6.92 Å². The van der Waals surface area contributed by atoms with Gasteiger partial charge in [-0.3, -0.25) is 20.4 Å². The van der Waals surface area contributed by atoms with Crippen molar-refractivity contribution in [2.24, 2.45) is 0 Å². The summed E-state index contributed by atoms with van der Waals surface area (Å²) >= 11 is 5.78. The van der Waals surface area contributed by atoms with E-state index in [-0.39, 0.29) is 6.61 Å². The lowest BCUT2D eigenvalue weighted by atomic mass is 10.2. The Kier molecular flexibility index (Phi) is 6.65. The molecule has 2 rings (SSSR count). The molecule has 0 heterocycles. The monoisotopic (exact) mass is 362 g/mol. The van der Waals surface area contributed by atoms with Gasteiger partial charge in [-0.05, 0) is 55.8 Å². The number of hydrogen-bond donors (Lipinski definition) is 2. The van der Waals surface area contributed by atoms with Crippen LogP contribution >= 0.6 is 11.6 Å². The van der Waals surface area contributed by atoms with Crippen LogP contribution in [0.25, 0.3) is 0 Å². The fourth-order valence-electron chi connectivity index (χ4n) is 1.89. The Hall–Kier alpha value is -2.73. The largest absolute Gasteiger partial charge is 0.484 e. The predicted octanol–water partition coefficient (Wildman–Crippen LogP) is 2.64. The van der Waals surface area contributed by atoms with E-state index < -0.39 is 17.9 Å². The molecule has 2 aromatic rings. The van der Waals surface area contributed by atoms with Crippen molar-refractivity contribution in [3.8, 4) is 11.5 Å². The summed E-state index contributed by atoms with van der Waals surface area (Å²) in [5.41, 5.74) is 5.60. The van der Waals surface area contributed by atoms with Crippen LogP contribution in [0.15, 0.2) is 48.5 Å². The molecule has 0 spiro atoms. The van der Waals surface area contributed by atoms with Gasteiger partial charge in [0, 0.05) is 5.02 Å². The van der Waals surface area contributed by atoms with Gasteiger partial charge in [-0.25, -0.2) is 0 Å². The van der Waals surface area contributed by atoms with Gasteiger partial charge in [0.2, 0.25) is 0 Å². The van der Waals surface area contributed by atoms with Crippen molar-refractivity contribution in [2.45, 2.75) is 20.0 Å². The molecule has 132 valence electrons. The Bertz CT molecular complexity index is 734. The van der Waals surface area contributed by atoms with Gasteiger partial charge in [-0.2, -0.15) is 0 Å². The molecule has 0 aliphatic heterocycles. The van der Waals surface area contributed by atoms with Crippen LogP contribution in [0.3, 0.4) is 0 Å². The van der Waals surface area contributed by atoms with Gasteiger partial charge in [0.25, 0.3) is 11.8 Å². The maximum absolute atomic E-state index is 11.9. The zero-order valence-electron chi connectivity index (χ0n) is 13.9. The predicted molar refractivity (Wildman–Crippen MR) is 94.5 cm³/mol. The van der Waals surface area contributed by atoms with Crippen LogP contribution in [0.1, 0.15) is 12.5 Å². The summed E-state index contributed by atoms with van der Waals surface area (Å²) in [5, 5.41) is 0.574. The molecule has 0 bridgehead atoms. The van der Waals surface area contributed by atoms with Crippen molar-refractivity contribution in [3.63, 3.8) is 0 Å². The number of nitrogens with one attached hydrogen (secondary N) is 2. The number of hydrogen-bond acceptors (Lipinski definition) is 4. The van der Waals surface area contributed by atoms with Gasteiger partial charge in [-0.15, -0.1) is 0 Å². The van der Waals surface area contributed by atoms with Crippen LogP contribution in [0.5, 0.6) is 11.5 Å². The van der Waals surface area contributed by atoms with Crippen LogP contribution < -0.4 is 20.3 Å². The second kappa shape index (κ2) is 8.94. The molecule has 0 saturated carbocycles. The molecule has 0 aliphatic rings. The smallest absolute Gasteiger partial charge is 0.279 e. The van der Waals surface area contributed by atoms with Gasteiger partial charge in [0.15, 0.2) is 12.7 Å². The average molecular weight is 363 g/mol. The second-order valence-electron chi connectivity index (χ2n) is 5.36. The van der Waals surface area contributed by atoms with Crippen LogP contribution in [-0.4, -0.2) is 24.5 Å². The average Bonchev–Trinajstić information content (AvgIpc) is 2.60. The molecule has 25 heavy (non-hydrogen) atoms. The van der Waals surface area contributed by atoms with Gasteiger partial charge in [0.1, 0.15) is 11.5 Å². The Labute approximate surface area is 151 Å². The molecule has 0 fully saturated rings. The highest BCUT2D eigenvalue weighted by Gasteiger charge is 2.15. The topological polar surface area (TPSA) is 76.7 Å². The molecule has 2 N–H and O–H groups in total. The fraction of sp³-hybridized carbons (Fsp3) is 0.222. The van der Waals surface area contributed by atoms with E-state index in [4.69, 9.17) is 21.1 Å². The summed E-state index contributed by atoms with van der Waals surface area (Å²) in [4.78, 5) is 23.6. The minimum absolute atomic E-state index is 0.212. The number of carbonyl (C=O) groups excluding carboxylic acids is 2. The molecule has 0 radical (unpaired) electrons. The van der Waals surface area contributed by atoms with E-state index >= 15 is 0 Å². The van der Waals surface area contributed by atoms with Crippen LogP contribution in [0.4, 0.5) is 0 Å². The third-order valence-electron chi connectivity index (χ3n) is 3.18. The quantitative estimate of drug-likeness (QED) is 0.774. The molecule has 1 atom stereocenters. The first kappa shape index (κ1) is 18.6. The minimum atomic E-state index is -0.792. The highest BCUT2D eigenvalue weighted by molar-refractivity contribution is 6.30. The zero-order valence-corrected chi connectivity index (χ0v) is 14.7. The molecule has 0 aromatic heterocycles. The Morgan fingerprint density at radius 2 is 1.80 bits per heavy atom. The highest BCUT2D eigenvalue weighted by Crippen LogP contribution is 2.16. The van der Waals surface area contributed by atoms with Gasteiger partial charge in [0.05, 0.1) is 0 Å². The Morgan fingerprint density at radius 1 is 1.08 bits per heavy atom.